The Balaban J connectivity index is 0.683. The molecule has 0 bridgehead atoms. The summed E-state index contributed by atoms with van der Waals surface area (Å²) in [6.07, 6.45) is -20.3. The molecule has 4 aliphatic carbocycles. The molecule has 8 fully saturated rings. The Morgan fingerprint density at radius 3 is 1.15 bits per heavy atom. The molecular weight excluding hydrogens is 1760 g/mol. The van der Waals surface area contributed by atoms with E-state index in [1.807, 2.05) is 13.8 Å². The third-order valence-corrected chi connectivity index (χ3v) is 26.5. The predicted octanol–water partition coefficient (Wildman–Crippen LogP) is -1.89. The predicted molar refractivity (Wildman–Crippen MR) is 460 cm³/mol. The highest BCUT2D eigenvalue weighted by molar-refractivity contribution is 5.82. The second-order valence-corrected chi connectivity index (χ2v) is 36.2. The van der Waals surface area contributed by atoms with E-state index < -0.39 is 233 Å². The molecule has 0 spiro atoms. The number of hydrogen-bond acceptors (Lipinski definition) is 39. The molecular formula is C88H148N10O35. The molecule has 4 saturated carbocycles. The van der Waals surface area contributed by atoms with Gasteiger partial charge in [-0.15, -0.1) is 10.2 Å². The third kappa shape index (κ3) is 32.7. The molecule has 10 rings (SSSR count). The van der Waals surface area contributed by atoms with Crippen molar-refractivity contribution in [1.29, 1.82) is 0 Å². The maximum Gasteiger partial charge on any atom is 0.332 e. The van der Waals surface area contributed by atoms with Crippen molar-refractivity contribution >= 4 is 35.3 Å². The van der Waals surface area contributed by atoms with E-state index in [0.717, 1.165) is 64.2 Å². The first kappa shape index (κ1) is 109. The molecule has 760 valence electrons. The zero-order chi connectivity index (χ0) is 95.6. The standard InChI is InChI=1S/C88H148N10O35/c1-5-53-37-55(59(101)19-13-23-117-25-21-89)39-61(79(53)132-87-77(111)75(109)71(105)49(3)124-87)128-85-69(81(73(107)65(45-99)130-85)126-63(83(113)114)35-51-15-9-7-10-16-51)91-67(103)43-97-41-57(93-95-97)47-122-33-31-120-29-27-119-28-30-121-32-34-123-48-58-42-98(96-94-58)44-68(104)92-70-82(127-64(84(115)116)36-52-17-11-8-12-18-52)74(108)66(46-100)131-86(70)129-62-40-56(60(102)20-14-24-118-26-22-90)38-54(6-2)80(62)133-88-78(112)76(110)72(106)50(4)125-88/h41-42,49-56,61-66,69-82,85-88,99-100,105-112H,5-40,43-48,89-90H2,1-4H3,(H,91,103)(H,92,104)(H,113,114)(H,115,116)/t49?,50?,53?,54?,55?,56?,61-,62-,63+,64+,65+,66+,69?,70?,71-,72-,73+,74+,75+,76+,77?,78?,79-,80-,81?,82?,85-,86-,87+,88+/m1/s1. The number of amides is 2. The second-order valence-electron chi connectivity index (χ2n) is 36.2. The fourth-order valence-corrected chi connectivity index (χ4v) is 19.1. The van der Waals surface area contributed by atoms with Crippen molar-refractivity contribution in [2.45, 2.75) is 355 Å². The Bertz CT molecular complexity index is 3500. The Hall–Kier alpha value is -5.66. The molecule has 45 heteroatoms. The molecule has 2 aromatic rings. The maximum absolute atomic E-state index is 14.4. The second kappa shape index (κ2) is 56.6. The zero-order valence-corrected chi connectivity index (χ0v) is 76.9. The van der Waals surface area contributed by atoms with Crippen LogP contribution < -0.4 is 22.1 Å². The average molecular weight is 1910 g/mol. The Kier molecular flexibility index (Phi) is 46.5. The lowest BCUT2D eigenvalue weighted by atomic mass is 9.74. The summed E-state index contributed by atoms with van der Waals surface area (Å²) in [6, 6.07) is -3.01. The fraction of sp³-hybridized carbons (Fsp3) is 0.886. The normalized spacial score (nSPS) is 33.6. The van der Waals surface area contributed by atoms with Gasteiger partial charge in [0.1, 0.15) is 121 Å². The van der Waals surface area contributed by atoms with E-state index in [1.54, 1.807) is 0 Å². The van der Waals surface area contributed by atoms with E-state index in [0.29, 0.717) is 89.4 Å². The number of carbonyl (C=O) groups excluding carboxylic acids is 4. The summed E-state index contributed by atoms with van der Waals surface area (Å²) in [4.78, 5) is 83.3. The van der Waals surface area contributed by atoms with Crippen molar-refractivity contribution in [2.24, 2.45) is 47.0 Å². The number of carbonyl (C=O) groups is 6. The first-order chi connectivity index (χ1) is 64.1. The topological polar surface area (TPSA) is 640 Å². The van der Waals surface area contributed by atoms with Crippen LogP contribution >= 0.6 is 0 Å². The van der Waals surface area contributed by atoms with E-state index in [9.17, 15) is 90.0 Å². The molecule has 6 heterocycles. The van der Waals surface area contributed by atoms with Crippen molar-refractivity contribution in [1.82, 2.24) is 40.6 Å². The monoisotopic (exact) mass is 1910 g/mol. The number of nitrogens with two attached hydrogens (primary N) is 2. The Morgan fingerprint density at radius 2 is 0.805 bits per heavy atom. The van der Waals surface area contributed by atoms with Gasteiger partial charge in [-0.1, -0.05) is 101 Å². The van der Waals surface area contributed by atoms with Crippen molar-refractivity contribution < 1.29 is 171 Å². The number of aliphatic hydroxyl groups excluding tert-OH is 10. The molecule has 4 aliphatic heterocycles. The Labute approximate surface area is 774 Å². The smallest absolute Gasteiger partial charge is 0.332 e. The Morgan fingerprint density at radius 1 is 0.444 bits per heavy atom. The number of nitrogens with one attached hydrogen (secondary N) is 2. The number of carboxylic acid groups (broad SMARTS) is 2. The van der Waals surface area contributed by atoms with Crippen LogP contribution in [0.1, 0.15) is 180 Å². The number of aliphatic carboxylic acids is 2. The van der Waals surface area contributed by atoms with Crippen molar-refractivity contribution in [2.75, 3.05) is 106 Å². The number of nitrogens with zero attached hydrogens (tertiary/aromatic N) is 6. The molecule has 0 aromatic carbocycles. The van der Waals surface area contributed by atoms with Crippen LogP contribution in [0.2, 0.25) is 0 Å². The summed E-state index contributed by atoms with van der Waals surface area (Å²) in [5.74, 6) is -6.51. The van der Waals surface area contributed by atoms with Crippen LogP contribution in [0.3, 0.4) is 0 Å². The van der Waals surface area contributed by atoms with Gasteiger partial charge in [-0.25, -0.2) is 19.0 Å². The van der Waals surface area contributed by atoms with Gasteiger partial charge in [-0.3, -0.25) is 19.2 Å². The van der Waals surface area contributed by atoms with Gasteiger partial charge in [-0.2, -0.15) is 0 Å². The van der Waals surface area contributed by atoms with Crippen molar-refractivity contribution in [3.8, 4) is 0 Å². The largest absolute Gasteiger partial charge is 0.479 e. The van der Waals surface area contributed by atoms with Crippen LogP contribution in [0.25, 0.3) is 0 Å². The third-order valence-electron chi connectivity index (χ3n) is 26.5. The van der Waals surface area contributed by atoms with Gasteiger partial charge in [0.2, 0.25) is 11.8 Å². The fourth-order valence-electron chi connectivity index (χ4n) is 19.1. The number of carboxylic acids is 2. The number of aromatic nitrogens is 6. The molecule has 133 heavy (non-hydrogen) atoms. The van der Waals surface area contributed by atoms with Crippen LogP contribution in [0.4, 0.5) is 0 Å². The molecule has 45 nitrogen and oxygen atoms in total. The highest BCUT2D eigenvalue weighted by atomic mass is 16.8. The molecule has 0 radical (unpaired) electrons. The van der Waals surface area contributed by atoms with Crippen LogP contribution in [0.15, 0.2) is 12.4 Å². The molecule has 30 atom stereocenters. The van der Waals surface area contributed by atoms with E-state index in [2.05, 4.69) is 31.3 Å². The SMILES string of the molecule is CCC1CC(C(=O)CCCOCCN)C[C@@H](O[C@@H]2O[C@@H](CO)[C@H](O)C(O[C@@H](CC3CCCCC3)C(=O)O)C2NC(=O)Cn2cc(COCCOCCOCCOCCOCc3cn(CC(=O)NC4C(O[C@@H](CC5CCCCC5)C(=O)O)[C@@H](O)[C@H](CO)O[C@H]4O[C@@H]4CC(C(=O)CCCOCCN)CC(CC)[C@H]4O[C@@H]4OC(C)[C@@H](O)[C@H](O)C4O)nn3)nn2)[C@@H]1O[C@@H]1OC(C)[C@@H](O)[C@H](O)C1O. The van der Waals surface area contributed by atoms with Crippen LogP contribution in [0.5, 0.6) is 0 Å². The number of aliphatic hydroxyl groups is 10. The minimum atomic E-state index is -1.73. The summed E-state index contributed by atoms with van der Waals surface area (Å²) in [7, 11) is 0. The first-order valence-electron chi connectivity index (χ1n) is 47.7. The number of ketones is 2. The zero-order valence-electron chi connectivity index (χ0n) is 76.9. The minimum absolute atomic E-state index is 0.00134. The summed E-state index contributed by atoms with van der Waals surface area (Å²) >= 11 is 0. The summed E-state index contributed by atoms with van der Waals surface area (Å²) < 4.78 is 106. The van der Waals surface area contributed by atoms with Gasteiger partial charge in [0, 0.05) is 51.0 Å². The lowest BCUT2D eigenvalue weighted by Crippen LogP contribution is -2.67. The number of hydrogen-bond donors (Lipinski definition) is 16. The van der Waals surface area contributed by atoms with Crippen molar-refractivity contribution in [3.63, 3.8) is 0 Å². The molecule has 8 aliphatic rings. The molecule has 12 unspecified atom stereocenters. The maximum atomic E-state index is 14.4. The van der Waals surface area contributed by atoms with Crippen LogP contribution in [-0.2, 0) is 136 Å². The van der Waals surface area contributed by atoms with Gasteiger partial charge in [-0.05, 0) is 88.9 Å². The highest BCUT2D eigenvalue weighted by Gasteiger charge is 2.57. The van der Waals surface area contributed by atoms with E-state index in [-0.39, 0.29) is 128 Å². The van der Waals surface area contributed by atoms with Crippen LogP contribution in [0, 0.1) is 35.5 Å². The van der Waals surface area contributed by atoms with Gasteiger partial charge in [0.25, 0.3) is 0 Å². The lowest BCUT2D eigenvalue weighted by Gasteiger charge is -2.49. The number of rotatable bonds is 58. The summed E-state index contributed by atoms with van der Waals surface area (Å²) in [5.41, 5.74) is 11.9. The van der Waals surface area contributed by atoms with E-state index in [1.165, 1.54) is 35.6 Å². The number of Topliss-reactive ketones (excluding diaryl/α,β-unsaturated/α-hetero) is 2. The van der Waals surface area contributed by atoms with Crippen LogP contribution in [-0.4, -0.2) is 391 Å². The summed E-state index contributed by atoms with van der Waals surface area (Å²) in [6.45, 7) is 7.50. The first-order valence-corrected chi connectivity index (χ1v) is 47.7. The highest BCUT2D eigenvalue weighted by Crippen LogP contribution is 2.44. The quantitative estimate of drug-likeness (QED) is 0.0322. The molecule has 18 N–H and O–H groups in total. The molecule has 2 amide bonds. The number of ether oxygens (including phenoxy) is 17. The summed E-state index contributed by atoms with van der Waals surface area (Å²) in [5, 5.41) is 154. The van der Waals surface area contributed by atoms with Gasteiger partial charge in [0.15, 0.2) is 37.4 Å². The van der Waals surface area contributed by atoms with Gasteiger partial charge >= 0.3 is 11.9 Å². The molecule has 4 saturated heterocycles. The van der Waals surface area contributed by atoms with E-state index in [4.69, 9.17) is 92.0 Å². The van der Waals surface area contributed by atoms with Gasteiger partial charge in [0.05, 0.1) is 142 Å². The lowest BCUT2D eigenvalue weighted by molar-refractivity contribution is -0.338. The van der Waals surface area contributed by atoms with Crippen molar-refractivity contribution in [3.05, 3.63) is 23.8 Å². The molecule has 2 aromatic heterocycles. The minimum Gasteiger partial charge on any atom is -0.479 e. The average Bonchev–Trinajstić information content (AvgIpc) is 1.04. The van der Waals surface area contributed by atoms with Gasteiger partial charge < -0.3 is 164 Å². The van der Waals surface area contributed by atoms with E-state index >= 15 is 0 Å².